The number of methoxy groups -OCH3 is 2. The minimum Gasteiger partial charge on any atom is -0.493 e. The number of rotatable bonds is 9. The van der Waals surface area contributed by atoms with Gasteiger partial charge in [0.15, 0.2) is 11.5 Å². The van der Waals surface area contributed by atoms with Crippen molar-refractivity contribution in [3.05, 3.63) is 42.0 Å². The summed E-state index contributed by atoms with van der Waals surface area (Å²) < 4.78 is 40.1. The number of nitrogens with one attached hydrogen (secondary N) is 1. The first kappa shape index (κ1) is 19.3. The monoisotopic (exact) mass is 367 g/mol. The van der Waals surface area contributed by atoms with Gasteiger partial charge in [0.25, 0.3) is 0 Å². The topological polar surface area (TPSA) is 82.5 Å². The standard InChI is InChI=1S/C17H25N3O4S/c1-5-6-11-25(21,22)19-16(17-18-9-10-20(17)2)13-7-8-14(23-3)15(12-13)24-4/h7-10,12,16,19H,5-6,11H2,1-4H3. The third kappa shape index (κ3) is 4.73. The zero-order valence-electron chi connectivity index (χ0n) is 15.0. The Labute approximate surface area is 149 Å². The van der Waals surface area contributed by atoms with Crippen molar-refractivity contribution in [3.63, 3.8) is 0 Å². The Morgan fingerprint density at radius 1 is 1.24 bits per heavy atom. The second kappa shape index (κ2) is 8.35. The Kier molecular flexibility index (Phi) is 6.44. The molecule has 1 heterocycles. The van der Waals surface area contributed by atoms with Crippen LogP contribution in [0, 0.1) is 0 Å². The maximum absolute atomic E-state index is 12.5. The minimum absolute atomic E-state index is 0.0811. The van der Waals surface area contributed by atoms with E-state index in [1.54, 1.807) is 43.3 Å². The summed E-state index contributed by atoms with van der Waals surface area (Å²) in [6.07, 6.45) is 4.84. The van der Waals surface area contributed by atoms with Crippen molar-refractivity contribution in [2.24, 2.45) is 7.05 Å². The van der Waals surface area contributed by atoms with E-state index in [1.165, 1.54) is 0 Å². The lowest BCUT2D eigenvalue weighted by Crippen LogP contribution is -2.33. The molecule has 2 rings (SSSR count). The molecule has 7 nitrogen and oxygen atoms in total. The molecular weight excluding hydrogens is 342 g/mol. The molecule has 0 saturated carbocycles. The highest BCUT2D eigenvalue weighted by molar-refractivity contribution is 7.89. The van der Waals surface area contributed by atoms with E-state index in [9.17, 15) is 8.42 Å². The molecule has 0 aliphatic carbocycles. The Morgan fingerprint density at radius 3 is 2.52 bits per heavy atom. The van der Waals surface area contributed by atoms with Crippen molar-refractivity contribution in [1.29, 1.82) is 0 Å². The zero-order chi connectivity index (χ0) is 18.4. The number of nitrogens with zero attached hydrogens (tertiary/aromatic N) is 2. The highest BCUT2D eigenvalue weighted by Crippen LogP contribution is 2.32. The molecule has 0 aliphatic heterocycles. The van der Waals surface area contributed by atoms with Crippen LogP contribution in [0.2, 0.25) is 0 Å². The second-order valence-corrected chi connectivity index (χ2v) is 7.61. The number of hydrogen-bond donors (Lipinski definition) is 1. The second-order valence-electron chi connectivity index (χ2n) is 5.73. The Bertz CT molecular complexity index is 802. The van der Waals surface area contributed by atoms with Gasteiger partial charge in [0.05, 0.1) is 20.0 Å². The zero-order valence-corrected chi connectivity index (χ0v) is 15.8. The van der Waals surface area contributed by atoms with Gasteiger partial charge in [0.1, 0.15) is 11.9 Å². The fourth-order valence-corrected chi connectivity index (χ4v) is 3.92. The largest absolute Gasteiger partial charge is 0.493 e. The SMILES string of the molecule is CCCCS(=O)(=O)NC(c1ccc(OC)c(OC)c1)c1nccn1C. The van der Waals surface area contributed by atoms with Crippen molar-refractivity contribution in [1.82, 2.24) is 14.3 Å². The van der Waals surface area contributed by atoms with E-state index >= 15 is 0 Å². The number of imidazole rings is 1. The van der Waals surface area contributed by atoms with Gasteiger partial charge < -0.3 is 14.0 Å². The van der Waals surface area contributed by atoms with Crippen LogP contribution in [-0.2, 0) is 17.1 Å². The fraction of sp³-hybridized carbons (Fsp3) is 0.471. The lowest BCUT2D eigenvalue weighted by molar-refractivity contribution is 0.354. The molecule has 0 amide bonds. The summed E-state index contributed by atoms with van der Waals surface area (Å²) >= 11 is 0. The summed E-state index contributed by atoms with van der Waals surface area (Å²) in [6.45, 7) is 1.96. The van der Waals surface area contributed by atoms with Gasteiger partial charge in [-0.2, -0.15) is 0 Å². The lowest BCUT2D eigenvalue weighted by atomic mass is 10.1. The van der Waals surface area contributed by atoms with E-state index in [4.69, 9.17) is 9.47 Å². The summed E-state index contributed by atoms with van der Waals surface area (Å²) in [7, 11) is 1.49. The first-order valence-corrected chi connectivity index (χ1v) is 9.76. The smallest absolute Gasteiger partial charge is 0.212 e. The third-order valence-corrected chi connectivity index (χ3v) is 5.34. The number of benzene rings is 1. The van der Waals surface area contributed by atoms with E-state index < -0.39 is 16.1 Å². The van der Waals surface area contributed by atoms with Crippen molar-refractivity contribution in [2.75, 3.05) is 20.0 Å². The first-order chi connectivity index (χ1) is 11.9. The van der Waals surface area contributed by atoms with Crippen LogP contribution in [0.4, 0.5) is 0 Å². The molecule has 0 aliphatic rings. The Balaban J connectivity index is 2.44. The molecule has 2 aromatic rings. The number of hydrogen-bond acceptors (Lipinski definition) is 5. The summed E-state index contributed by atoms with van der Waals surface area (Å²) in [5.74, 6) is 1.80. The van der Waals surface area contributed by atoms with E-state index in [2.05, 4.69) is 9.71 Å². The van der Waals surface area contributed by atoms with Crippen LogP contribution in [-0.4, -0.2) is 37.9 Å². The van der Waals surface area contributed by atoms with E-state index in [-0.39, 0.29) is 5.75 Å². The van der Waals surface area contributed by atoms with Gasteiger partial charge in [-0.05, 0) is 24.1 Å². The molecule has 1 N–H and O–H groups in total. The Morgan fingerprint density at radius 2 is 1.96 bits per heavy atom. The molecule has 0 saturated heterocycles. The molecule has 0 bridgehead atoms. The number of sulfonamides is 1. The molecule has 0 spiro atoms. The van der Waals surface area contributed by atoms with E-state index in [0.717, 1.165) is 12.0 Å². The number of aromatic nitrogens is 2. The molecule has 1 unspecified atom stereocenters. The molecule has 1 aromatic heterocycles. The number of unbranched alkanes of at least 4 members (excludes halogenated alkanes) is 1. The van der Waals surface area contributed by atoms with Crippen molar-refractivity contribution in [2.45, 2.75) is 25.8 Å². The number of ether oxygens (including phenoxy) is 2. The van der Waals surface area contributed by atoms with Gasteiger partial charge in [0, 0.05) is 19.4 Å². The third-order valence-electron chi connectivity index (χ3n) is 3.92. The number of aryl methyl sites for hydroxylation is 1. The van der Waals surface area contributed by atoms with Crippen LogP contribution in [0.5, 0.6) is 11.5 Å². The fourth-order valence-electron chi connectivity index (χ4n) is 2.53. The van der Waals surface area contributed by atoms with E-state index in [0.29, 0.717) is 23.7 Å². The highest BCUT2D eigenvalue weighted by Gasteiger charge is 2.25. The maximum atomic E-state index is 12.5. The summed E-state index contributed by atoms with van der Waals surface area (Å²) in [4.78, 5) is 4.32. The predicted octanol–water partition coefficient (Wildman–Crippen LogP) is 2.25. The quantitative estimate of drug-likeness (QED) is 0.735. The normalized spacial score (nSPS) is 12.8. The van der Waals surface area contributed by atoms with Crippen molar-refractivity contribution in [3.8, 4) is 11.5 Å². The highest BCUT2D eigenvalue weighted by atomic mass is 32.2. The summed E-state index contributed by atoms with van der Waals surface area (Å²) in [5.41, 5.74) is 0.729. The van der Waals surface area contributed by atoms with Crippen LogP contribution < -0.4 is 14.2 Å². The average molecular weight is 367 g/mol. The van der Waals surface area contributed by atoms with Gasteiger partial charge in [-0.1, -0.05) is 19.4 Å². The van der Waals surface area contributed by atoms with Crippen LogP contribution in [0.15, 0.2) is 30.6 Å². The van der Waals surface area contributed by atoms with Crippen LogP contribution in [0.3, 0.4) is 0 Å². The molecule has 8 heteroatoms. The molecule has 0 radical (unpaired) electrons. The maximum Gasteiger partial charge on any atom is 0.212 e. The summed E-state index contributed by atoms with van der Waals surface area (Å²) in [6, 6.07) is 4.72. The van der Waals surface area contributed by atoms with Crippen molar-refractivity contribution < 1.29 is 17.9 Å². The first-order valence-electron chi connectivity index (χ1n) is 8.11. The van der Waals surface area contributed by atoms with Crippen LogP contribution in [0.1, 0.15) is 37.2 Å². The molecule has 138 valence electrons. The molecule has 25 heavy (non-hydrogen) atoms. The average Bonchev–Trinajstić information content (AvgIpc) is 3.03. The Hall–Kier alpha value is -2.06. The van der Waals surface area contributed by atoms with Gasteiger partial charge in [-0.3, -0.25) is 0 Å². The molecular formula is C17H25N3O4S. The van der Waals surface area contributed by atoms with E-state index in [1.807, 2.05) is 20.0 Å². The van der Waals surface area contributed by atoms with Gasteiger partial charge in [0.2, 0.25) is 10.0 Å². The molecule has 1 atom stereocenters. The molecule has 0 fully saturated rings. The predicted molar refractivity (Wildman–Crippen MR) is 96.4 cm³/mol. The van der Waals surface area contributed by atoms with Crippen LogP contribution in [0.25, 0.3) is 0 Å². The molecule has 1 aromatic carbocycles. The van der Waals surface area contributed by atoms with Crippen LogP contribution >= 0.6 is 0 Å². The van der Waals surface area contributed by atoms with Crippen molar-refractivity contribution >= 4 is 10.0 Å². The summed E-state index contributed by atoms with van der Waals surface area (Å²) in [5, 5.41) is 0. The minimum atomic E-state index is -3.44. The van der Waals surface area contributed by atoms with Gasteiger partial charge >= 0.3 is 0 Å². The lowest BCUT2D eigenvalue weighted by Gasteiger charge is -2.20. The van der Waals surface area contributed by atoms with Gasteiger partial charge in [-0.15, -0.1) is 0 Å². The van der Waals surface area contributed by atoms with Gasteiger partial charge in [-0.25, -0.2) is 18.1 Å².